The molecule has 0 heterocycles. The van der Waals surface area contributed by atoms with Crippen molar-refractivity contribution in [1.82, 2.24) is 0 Å². The summed E-state index contributed by atoms with van der Waals surface area (Å²) in [5.41, 5.74) is 0. The highest BCUT2D eigenvalue weighted by Gasteiger charge is 1.89. The predicted molar refractivity (Wildman–Crippen MR) is 30.4 cm³/mol. The number of hydrogen-bond donors (Lipinski definition) is 2. The standard InChI is InChI=1S/C5H14N2/c1-6-4-5-7(2)3/h6H,4-5H2,1-3H3/p+2. The van der Waals surface area contributed by atoms with E-state index in [4.69, 9.17) is 0 Å². The molecule has 0 aliphatic carbocycles. The maximum Gasteiger partial charge on any atom is 0.126 e. The largest absolute Gasteiger partial charge is 0.344 e. The molecule has 0 aliphatic rings. The maximum absolute atomic E-state index is 2.20. The fourth-order valence-electron chi connectivity index (χ4n) is 0.433. The first kappa shape index (κ1) is 6.92. The van der Waals surface area contributed by atoms with Gasteiger partial charge in [-0.25, -0.2) is 0 Å². The summed E-state index contributed by atoms with van der Waals surface area (Å²) in [6.07, 6.45) is 0. The molecule has 0 aliphatic heterocycles. The van der Waals surface area contributed by atoms with E-state index >= 15 is 0 Å². The predicted octanol–water partition coefficient (Wildman–Crippen LogP) is -2.68. The highest BCUT2D eigenvalue weighted by Crippen LogP contribution is 1.27. The zero-order chi connectivity index (χ0) is 5.70. The van der Waals surface area contributed by atoms with Gasteiger partial charge in [-0.2, -0.15) is 0 Å². The van der Waals surface area contributed by atoms with Gasteiger partial charge in [-0.15, -0.1) is 0 Å². The molecule has 0 atom stereocenters. The molecular formula is C5H16N2+2. The molecule has 0 amide bonds. The smallest absolute Gasteiger partial charge is 0.126 e. The highest BCUT2D eigenvalue weighted by molar-refractivity contribution is 4.10. The van der Waals surface area contributed by atoms with E-state index < -0.39 is 0 Å². The van der Waals surface area contributed by atoms with E-state index in [1.807, 2.05) is 0 Å². The molecule has 2 heteroatoms. The van der Waals surface area contributed by atoms with Gasteiger partial charge in [-0.05, 0) is 0 Å². The van der Waals surface area contributed by atoms with Crippen molar-refractivity contribution in [2.75, 3.05) is 34.2 Å². The summed E-state index contributed by atoms with van der Waals surface area (Å²) < 4.78 is 0. The van der Waals surface area contributed by atoms with E-state index in [0.29, 0.717) is 0 Å². The third-order valence-corrected chi connectivity index (χ3v) is 0.933. The lowest BCUT2D eigenvalue weighted by Gasteiger charge is -2.02. The Hall–Kier alpha value is -0.0800. The second-order valence-corrected chi connectivity index (χ2v) is 2.15. The molecule has 7 heavy (non-hydrogen) atoms. The van der Waals surface area contributed by atoms with Crippen LogP contribution in [-0.4, -0.2) is 34.2 Å². The van der Waals surface area contributed by atoms with Crippen LogP contribution in [-0.2, 0) is 0 Å². The number of nitrogens with two attached hydrogens (primary N) is 1. The van der Waals surface area contributed by atoms with Crippen LogP contribution in [0.15, 0.2) is 0 Å². The van der Waals surface area contributed by atoms with Crippen LogP contribution in [0, 0.1) is 0 Å². The maximum atomic E-state index is 2.20. The Morgan fingerprint density at radius 3 is 2.14 bits per heavy atom. The minimum absolute atomic E-state index is 1.24. The SMILES string of the molecule is C[NH2+]CC[NH+](C)C. The normalized spacial score (nSPS) is 10.3. The first-order chi connectivity index (χ1) is 3.27. The van der Waals surface area contributed by atoms with Crippen LogP contribution in [0.2, 0.25) is 0 Å². The van der Waals surface area contributed by atoms with E-state index in [1.165, 1.54) is 18.0 Å². The van der Waals surface area contributed by atoms with E-state index in [0.717, 1.165) is 0 Å². The zero-order valence-electron chi connectivity index (χ0n) is 5.49. The van der Waals surface area contributed by atoms with Crippen LogP contribution in [0.3, 0.4) is 0 Å². The van der Waals surface area contributed by atoms with Crippen LogP contribution >= 0.6 is 0 Å². The molecule has 0 radical (unpaired) electrons. The van der Waals surface area contributed by atoms with Crippen LogP contribution in [0.4, 0.5) is 0 Å². The van der Waals surface area contributed by atoms with Crippen molar-refractivity contribution in [3.05, 3.63) is 0 Å². The van der Waals surface area contributed by atoms with E-state index in [9.17, 15) is 0 Å². The monoisotopic (exact) mass is 104 g/mol. The first-order valence-corrected chi connectivity index (χ1v) is 2.84. The Morgan fingerprint density at radius 1 is 1.43 bits per heavy atom. The number of quaternary nitrogens is 2. The van der Waals surface area contributed by atoms with Crippen molar-refractivity contribution < 1.29 is 10.2 Å². The summed E-state index contributed by atoms with van der Waals surface area (Å²) in [4.78, 5) is 1.53. The van der Waals surface area contributed by atoms with Gasteiger partial charge in [-0.3, -0.25) is 0 Å². The van der Waals surface area contributed by atoms with Crippen LogP contribution in [0.25, 0.3) is 0 Å². The van der Waals surface area contributed by atoms with Crippen molar-refractivity contribution in [1.29, 1.82) is 0 Å². The molecular weight excluding hydrogens is 88.1 g/mol. The molecule has 2 nitrogen and oxygen atoms in total. The topological polar surface area (TPSA) is 21.1 Å². The highest BCUT2D eigenvalue weighted by atomic mass is 15.1. The third-order valence-electron chi connectivity index (χ3n) is 0.933. The molecule has 0 bridgehead atoms. The molecule has 0 aromatic carbocycles. The van der Waals surface area contributed by atoms with Gasteiger partial charge >= 0.3 is 0 Å². The first-order valence-electron chi connectivity index (χ1n) is 2.84. The molecule has 0 rings (SSSR count). The van der Waals surface area contributed by atoms with Crippen molar-refractivity contribution in [2.45, 2.75) is 0 Å². The lowest BCUT2D eigenvalue weighted by molar-refractivity contribution is -0.872. The van der Waals surface area contributed by atoms with Crippen molar-refractivity contribution >= 4 is 0 Å². The summed E-state index contributed by atoms with van der Waals surface area (Å²) in [7, 11) is 6.44. The van der Waals surface area contributed by atoms with Crippen LogP contribution in [0.5, 0.6) is 0 Å². The minimum atomic E-state index is 1.24. The lowest BCUT2D eigenvalue weighted by atomic mass is 10.6. The molecule has 44 valence electrons. The summed E-state index contributed by atoms with van der Waals surface area (Å²) in [5, 5.41) is 2.20. The number of hydrogen-bond acceptors (Lipinski definition) is 0. The second kappa shape index (κ2) is 4.09. The average molecular weight is 104 g/mol. The van der Waals surface area contributed by atoms with Crippen molar-refractivity contribution in [3.63, 3.8) is 0 Å². The fraction of sp³-hybridized carbons (Fsp3) is 1.00. The molecule has 0 spiro atoms. The van der Waals surface area contributed by atoms with Crippen molar-refractivity contribution in [2.24, 2.45) is 0 Å². The summed E-state index contributed by atoms with van der Waals surface area (Å²) in [6.45, 7) is 2.50. The number of likely N-dealkylation sites (N-methyl/N-ethyl adjacent to an activating group) is 2. The van der Waals surface area contributed by atoms with Crippen molar-refractivity contribution in [3.8, 4) is 0 Å². The van der Waals surface area contributed by atoms with Gasteiger partial charge in [0.2, 0.25) is 0 Å². The number of rotatable bonds is 3. The lowest BCUT2D eigenvalue weighted by Crippen LogP contribution is -3.09. The molecule has 0 aromatic rings. The molecule has 0 saturated carbocycles. The molecule has 0 unspecified atom stereocenters. The Bertz CT molecular complexity index is 35.1. The minimum Gasteiger partial charge on any atom is -0.344 e. The Morgan fingerprint density at radius 2 is 2.00 bits per heavy atom. The van der Waals surface area contributed by atoms with Gasteiger partial charge in [0.05, 0.1) is 21.1 Å². The van der Waals surface area contributed by atoms with E-state index in [-0.39, 0.29) is 0 Å². The van der Waals surface area contributed by atoms with Gasteiger partial charge in [0.25, 0.3) is 0 Å². The third kappa shape index (κ3) is 5.92. The van der Waals surface area contributed by atoms with E-state index in [2.05, 4.69) is 26.5 Å². The quantitative estimate of drug-likeness (QED) is 0.389. The van der Waals surface area contributed by atoms with Gasteiger partial charge in [0, 0.05) is 0 Å². The molecule has 0 aromatic heterocycles. The Balaban J connectivity index is 2.68. The fourth-order valence-corrected chi connectivity index (χ4v) is 0.433. The summed E-state index contributed by atoms with van der Waals surface area (Å²) >= 11 is 0. The number of nitrogens with one attached hydrogen (secondary N) is 1. The van der Waals surface area contributed by atoms with E-state index in [1.54, 1.807) is 0 Å². The second-order valence-electron chi connectivity index (χ2n) is 2.15. The van der Waals surface area contributed by atoms with Crippen LogP contribution < -0.4 is 10.2 Å². The van der Waals surface area contributed by atoms with Gasteiger partial charge in [0.15, 0.2) is 0 Å². The zero-order valence-corrected chi connectivity index (χ0v) is 5.49. The molecule has 0 fully saturated rings. The Labute approximate surface area is 45.5 Å². The Kier molecular flexibility index (Phi) is 4.04. The van der Waals surface area contributed by atoms with Gasteiger partial charge < -0.3 is 10.2 Å². The van der Waals surface area contributed by atoms with Gasteiger partial charge in [-0.1, -0.05) is 0 Å². The molecule has 3 N–H and O–H groups in total. The average Bonchev–Trinajstić information content (AvgIpc) is 1.61. The molecule has 0 saturated heterocycles. The van der Waals surface area contributed by atoms with Gasteiger partial charge in [0.1, 0.15) is 13.1 Å². The van der Waals surface area contributed by atoms with Crippen LogP contribution in [0.1, 0.15) is 0 Å². The summed E-state index contributed by atoms with van der Waals surface area (Å²) in [6, 6.07) is 0. The summed E-state index contributed by atoms with van der Waals surface area (Å²) in [5.74, 6) is 0.